The number of benzene rings is 1. The summed E-state index contributed by atoms with van der Waals surface area (Å²) in [6.45, 7) is 0.606. The second kappa shape index (κ2) is 5.08. The number of carbonyl (C=O) groups excluding carboxylic acids is 2. The van der Waals surface area contributed by atoms with Gasteiger partial charge in [-0.3, -0.25) is 10.1 Å². The second-order valence-electron chi connectivity index (χ2n) is 5.94. The summed E-state index contributed by atoms with van der Waals surface area (Å²) >= 11 is 0. The van der Waals surface area contributed by atoms with Crippen molar-refractivity contribution in [2.24, 2.45) is 5.41 Å². The third kappa shape index (κ3) is 2.13. The molecule has 4 rings (SSSR count). The van der Waals surface area contributed by atoms with Crippen LogP contribution in [0.5, 0.6) is 0 Å². The van der Waals surface area contributed by atoms with E-state index < -0.39 is 10.9 Å². The first kappa shape index (κ1) is 14.5. The van der Waals surface area contributed by atoms with Crippen LogP contribution in [-0.2, 0) is 9.53 Å². The number of hydrogen-bond donors (Lipinski definition) is 0. The third-order valence-electron chi connectivity index (χ3n) is 4.73. The maximum atomic E-state index is 11.9. The summed E-state index contributed by atoms with van der Waals surface area (Å²) in [5.74, 6) is -0.517. The monoisotopic (exact) mass is 304 g/mol. The lowest BCUT2D eigenvalue weighted by Gasteiger charge is -2.55. The van der Waals surface area contributed by atoms with Crippen LogP contribution in [0.1, 0.15) is 29.6 Å². The van der Waals surface area contributed by atoms with Crippen LogP contribution in [0.25, 0.3) is 0 Å². The number of rotatable bonds is 4. The molecule has 0 spiro atoms. The molecule has 0 atom stereocenters. The van der Waals surface area contributed by atoms with Gasteiger partial charge in [0.05, 0.1) is 23.3 Å². The van der Waals surface area contributed by atoms with Gasteiger partial charge in [0.2, 0.25) is 0 Å². The Balaban J connectivity index is 1.98. The van der Waals surface area contributed by atoms with Crippen molar-refractivity contribution in [2.75, 3.05) is 18.6 Å². The average Bonchev–Trinajstić information content (AvgIpc) is 2.52. The Bertz CT molecular complexity index is 646. The van der Waals surface area contributed by atoms with E-state index in [2.05, 4.69) is 0 Å². The molecule has 0 radical (unpaired) electrons. The average molecular weight is 304 g/mol. The molecule has 116 valence electrons. The fraction of sp³-hybridized carbons (Fsp3) is 0.467. The van der Waals surface area contributed by atoms with Crippen molar-refractivity contribution < 1.29 is 19.2 Å². The predicted molar refractivity (Wildman–Crippen MR) is 77.9 cm³/mol. The van der Waals surface area contributed by atoms with E-state index in [4.69, 9.17) is 4.74 Å². The van der Waals surface area contributed by atoms with E-state index in [-0.39, 0.29) is 17.1 Å². The molecule has 3 fully saturated rings. The molecule has 1 aromatic carbocycles. The minimum Gasteiger partial charge on any atom is -0.465 e. The first-order chi connectivity index (χ1) is 10.5. The summed E-state index contributed by atoms with van der Waals surface area (Å²) in [6.07, 6.45) is 3.20. The fourth-order valence-electron chi connectivity index (χ4n) is 3.46. The molecule has 2 heterocycles. The van der Waals surface area contributed by atoms with Crippen LogP contribution in [0.2, 0.25) is 0 Å². The van der Waals surface area contributed by atoms with Gasteiger partial charge >= 0.3 is 5.97 Å². The summed E-state index contributed by atoms with van der Waals surface area (Å²) in [4.78, 5) is 35.6. The standard InChI is InChI=1S/C15H16N2O5/c1-22-14(19)12-3-2-10(17(20)21)6-13(12)16-5-4-15(9-18)7-11(16)8-15/h2-3,6,9,11H,4-5,7-8H2,1H3. The molecule has 7 heteroatoms. The molecule has 2 bridgehead atoms. The number of nitro groups is 1. The Morgan fingerprint density at radius 3 is 2.73 bits per heavy atom. The number of methoxy groups -OCH3 is 1. The van der Waals surface area contributed by atoms with Crippen LogP contribution in [0.4, 0.5) is 11.4 Å². The maximum absolute atomic E-state index is 11.9. The van der Waals surface area contributed by atoms with Crippen molar-refractivity contribution in [3.05, 3.63) is 33.9 Å². The fourth-order valence-corrected chi connectivity index (χ4v) is 3.46. The Hall–Kier alpha value is -2.44. The number of esters is 1. The molecule has 1 aliphatic carbocycles. The molecule has 0 aromatic heterocycles. The Labute approximate surface area is 127 Å². The van der Waals surface area contributed by atoms with E-state index in [0.717, 1.165) is 19.1 Å². The lowest BCUT2D eigenvalue weighted by Crippen LogP contribution is -2.59. The lowest BCUT2D eigenvalue weighted by molar-refractivity contribution is -0.384. The van der Waals surface area contributed by atoms with E-state index in [0.29, 0.717) is 24.2 Å². The minimum atomic E-state index is -0.517. The Kier molecular flexibility index (Phi) is 3.35. The molecule has 0 unspecified atom stereocenters. The number of piperidine rings is 2. The summed E-state index contributed by atoms with van der Waals surface area (Å²) in [6, 6.07) is 4.29. The zero-order valence-corrected chi connectivity index (χ0v) is 12.2. The SMILES string of the molecule is COC(=O)c1ccc([N+](=O)[O-])cc1N1CCC2(C=O)CC1C2. The predicted octanol–water partition coefficient (Wildman–Crippen LogP) is 1.94. The topological polar surface area (TPSA) is 89.8 Å². The molecular formula is C15H16N2O5. The van der Waals surface area contributed by atoms with Crippen LogP contribution in [0.3, 0.4) is 0 Å². The first-order valence-electron chi connectivity index (χ1n) is 7.09. The van der Waals surface area contributed by atoms with Gasteiger partial charge in [0.1, 0.15) is 6.29 Å². The summed E-state index contributed by atoms with van der Waals surface area (Å²) < 4.78 is 4.77. The number of nitro benzene ring substituents is 1. The molecule has 7 nitrogen and oxygen atoms in total. The molecule has 2 aliphatic heterocycles. The van der Waals surface area contributed by atoms with Gasteiger partial charge in [0.25, 0.3) is 5.69 Å². The van der Waals surface area contributed by atoms with Crippen molar-refractivity contribution in [2.45, 2.75) is 25.3 Å². The first-order valence-corrected chi connectivity index (χ1v) is 7.09. The summed E-state index contributed by atoms with van der Waals surface area (Å²) in [5.41, 5.74) is 0.547. The summed E-state index contributed by atoms with van der Waals surface area (Å²) in [5, 5.41) is 11.0. The van der Waals surface area contributed by atoms with Crippen LogP contribution in [0.15, 0.2) is 18.2 Å². The van der Waals surface area contributed by atoms with E-state index in [1.165, 1.54) is 25.3 Å². The maximum Gasteiger partial charge on any atom is 0.339 e. The summed E-state index contributed by atoms with van der Waals surface area (Å²) in [7, 11) is 1.28. The zero-order chi connectivity index (χ0) is 15.9. The van der Waals surface area contributed by atoms with Gasteiger partial charge in [0, 0.05) is 30.1 Å². The Morgan fingerprint density at radius 1 is 1.50 bits per heavy atom. The molecule has 1 aromatic rings. The van der Waals surface area contributed by atoms with Crippen LogP contribution < -0.4 is 4.90 Å². The smallest absolute Gasteiger partial charge is 0.339 e. The van der Waals surface area contributed by atoms with Gasteiger partial charge in [-0.15, -0.1) is 0 Å². The highest BCUT2D eigenvalue weighted by Crippen LogP contribution is 2.51. The number of hydrogen-bond acceptors (Lipinski definition) is 6. The molecule has 0 N–H and O–H groups in total. The minimum absolute atomic E-state index is 0.0609. The van der Waals surface area contributed by atoms with Crippen molar-refractivity contribution in [1.82, 2.24) is 0 Å². The molecule has 0 amide bonds. The van der Waals surface area contributed by atoms with Gasteiger partial charge in [-0.2, -0.15) is 0 Å². The molecule has 2 saturated heterocycles. The number of aldehydes is 1. The highest BCUT2D eigenvalue weighted by Gasteiger charge is 2.51. The van der Waals surface area contributed by atoms with Crippen LogP contribution in [0, 0.1) is 15.5 Å². The van der Waals surface area contributed by atoms with E-state index in [9.17, 15) is 19.7 Å². The van der Waals surface area contributed by atoms with Gasteiger partial charge in [-0.1, -0.05) is 0 Å². The molecule has 3 aliphatic rings. The van der Waals surface area contributed by atoms with Crippen LogP contribution >= 0.6 is 0 Å². The highest BCUT2D eigenvalue weighted by molar-refractivity contribution is 5.96. The molecular weight excluding hydrogens is 288 g/mol. The molecule has 1 saturated carbocycles. The normalized spacial score (nSPS) is 26.0. The van der Waals surface area contributed by atoms with Gasteiger partial charge < -0.3 is 14.4 Å². The number of nitrogens with zero attached hydrogens (tertiary/aromatic N) is 2. The lowest BCUT2D eigenvalue weighted by atomic mass is 9.61. The quantitative estimate of drug-likeness (QED) is 0.365. The van der Waals surface area contributed by atoms with Crippen molar-refractivity contribution in [3.8, 4) is 0 Å². The largest absolute Gasteiger partial charge is 0.465 e. The van der Waals surface area contributed by atoms with E-state index in [1.807, 2.05) is 4.90 Å². The zero-order valence-electron chi connectivity index (χ0n) is 12.2. The second-order valence-corrected chi connectivity index (χ2v) is 5.94. The number of carbonyl (C=O) groups is 2. The van der Waals surface area contributed by atoms with Crippen molar-refractivity contribution in [3.63, 3.8) is 0 Å². The van der Waals surface area contributed by atoms with E-state index in [1.54, 1.807) is 0 Å². The van der Waals surface area contributed by atoms with Crippen molar-refractivity contribution in [1.29, 1.82) is 0 Å². The van der Waals surface area contributed by atoms with Gasteiger partial charge in [-0.05, 0) is 25.3 Å². The molecule has 22 heavy (non-hydrogen) atoms. The number of ether oxygens (including phenoxy) is 1. The number of fused-ring (bicyclic) bond motifs is 2. The van der Waals surface area contributed by atoms with Gasteiger partial charge in [0.15, 0.2) is 0 Å². The number of anilines is 1. The van der Waals surface area contributed by atoms with E-state index >= 15 is 0 Å². The Morgan fingerprint density at radius 2 is 2.23 bits per heavy atom. The van der Waals surface area contributed by atoms with Crippen molar-refractivity contribution >= 4 is 23.6 Å². The van der Waals surface area contributed by atoms with Crippen LogP contribution in [-0.4, -0.2) is 36.9 Å². The third-order valence-corrected chi connectivity index (χ3v) is 4.73. The van der Waals surface area contributed by atoms with Gasteiger partial charge in [-0.25, -0.2) is 4.79 Å². The number of non-ortho nitro benzene ring substituents is 1. The highest BCUT2D eigenvalue weighted by atomic mass is 16.6.